The average molecular weight is 250 g/mol. The first-order valence-electron chi connectivity index (χ1n) is 5.59. The molecule has 18 heavy (non-hydrogen) atoms. The molecule has 0 saturated heterocycles. The number of amides is 2. The van der Waals surface area contributed by atoms with Gasteiger partial charge in [-0.3, -0.25) is 14.5 Å². The van der Waals surface area contributed by atoms with E-state index in [1.165, 1.54) is 9.80 Å². The predicted octanol–water partition coefficient (Wildman–Crippen LogP) is 0.317. The van der Waals surface area contributed by atoms with Gasteiger partial charge in [-0.2, -0.15) is 0 Å². The third kappa shape index (κ3) is 3.03. The van der Waals surface area contributed by atoms with Crippen LogP contribution in [0.15, 0.2) is 0 Å². The van der Waals surface area contributed by atoms with Crippen LogP contribution < -0.4 is 4.90 Å². The van der Waals surface area contributed by atoms with Gasteiger partial charge < -0.3 is 4.90 Å². The first-order chi connectivity index (χ1) is 8.36. The largest absolute Gasteiger partial charge is 0.348 e. The van der Waals surface area contributed by atoms with E-state index < -0.39 is 0 Å². The molecule has 6 nitrogen and oxygen atoms in total. The number of hydrogen-bond donors (Lipinski definition) is 0. The fraction of sp³-hybridized carbons (Fsp3) is 0.500. The summed E-state index contributed by atoms with van der Waals surface area (Å²) in [5, 5.41) is 0. The van der Waals surface area contributed by atoms with E-state index in [0.29, 0.717) is 18.1 Å². The Morgan fingerprint density at radius 1 is 1.22 bits per heavy atom. The fourth-order valence-electron chi connectivity index (χ4n) is 1.35. The van der Waals surface area contributed by atoms with Crippen molar-refractivity contribution in [2.45, 2.75) is 20.3 Å². The minimum atomic E-state index is -0.0316. The number of aryl methyl sites for hydroxylation is 1. The molecular formula is C12H18N4O2. The Balaban J connectivity index is 3.14. The van der Waals surface area contributed by atoms with E-state index in [-0.39, 0.29) is 12.3 Å². The Kier molecular flexibility index (Phi) is 4.36. The lowest BCUT2D eigenvalue weighted by atomic mass is 10.1. The van der Waals surface area contributed by atoms with Gasteiger partial charge in [-0.05, 0) is 19.4 Å². The van der Waals surface area contributed by atoms with Crippen molar-refractivity contribution in [3.05, 3.63) is 17.0 Å². The molecule has 0 aliphatic rings. The van der Waals surface area contributed by atoms with Crippen LogP contribution in [-0.2, 0) is 16.0 Å². The quantitative estimate of drug-likeness (QED) is 0.722. The minimum Gasteiger partial charge on any atom is -0.348 e. The fourth-order valence-corrected chi connectivity index (χ4v) is 1.35. The molecule has 0 N–H and O–H groups in total. The molecule has 0 aliphatic heterocycles. The standard InChI is InChI=1S/C12H18N4O2/c1-8-9(2)13-12(16(5)7-17)14-10(8)6-11(18)15(3)4/h7H,6H2,1-5H3. The number of carbonyl (C=O) groups is 2. The summed E-state index contributed by atoms with van der Waals surface area (Å²) in [4.78, 5) is 33.7. The lowest BCUT2D eigenvalue weighted by molar-refractivity contribution is -0.128. The van der Waals surface area contributed by atoms with Gasteiger partial charge in [0.25, 0.3) is 0 Å². The number of aromatic nitrogens is 2. The summed E-state index contributed by atoms with van der Waals surface area (Å²) in [5.74, 6) is 0.283. The maximum atomic E-state index is 11.7. The lowest BCUT2D eigenvalue weighted by Crippen LogP contribution is -2.25. The molecule has 0 radical (unpaired) electrons. The van der Waals surface area contributed by atoms with Crippen LogP contribution in [0.3, 0.4) is 0 Å². The summed E-state index contributed by atoms with van der Waals surface area (Å²) < 4.78 is 0. The molecule has 0 unspecified atom stereocenters. The highest BCUT2D eigenvalue weighted by Gasteiger charge is 2.14. The second kappa shape index (κ2) is 5.57. The predicted molar refractivity (Wildman–Crippen MR) is 68.4 cm³/mol. The molecule has 1 aromatic rings. The molecule has 98 valence electrons. The van der Waals surface area contributed by atoms with Gasteiger partial charge in [-0.1, -0.05) is 0 Å². The van der Waals surface area contributed by atoms with Crippen molar-refractivity contribution in [3.8, 4) is 0 Å². The van der Waals surface area contributed by atoms with Gasteiger partial charge in [-0.15, -0.1) is 0 Å². The van der Waals surface area contributed by atoms with E-state index in [1.807, 2.05) is 13.8 Å². The zero-order valence-electron chi connectivity index (χ0n) is 11.4. The van der Waals surface area contributed by atoms with Crippen LogP contribution in [0.1, 0.15) is 17.0 Å². The van der Waals surface area contributed by atoms with E-state index in [9.17, 15) is 9.59 Å². The maximum absolute atomic E-state index is 11.7. The summed E-state index contributed by atoms with van der Waals surface area (Å²) in [6, 6.07) is 0. The maximum Gasteiger partial charge on any atom is 0.232 e. The number of hydrogen-bond acceptors (Lipinski definition) is 4. The van der Waals surface area contributed by atoms with Crippen LogP contribution in [0.5, 0.6) is 0 Å². The number of anilines is 1. The third-order valence-corrected chi connectivity index (χ3v) is 2.77. The molecule has 2 amide bonds. The summed E-state index contributed by atoms with van der Waals surface area (Å²) in [6.45, 7) is 3.71. The molecule has 1 rings (SSSR count). The Labute approximate surface area is 107 Å². The van der Waals surface area contributed by atoms with Crippen molar-refractivity contribution in [1.82, 2.24) is 14.9 Å². The smallest absolute Gasteiger partial charge is 0.232 e. The Morgan fingerprint density at radius 2 is 1.83 bits per heavy atom. The van der Waals surface area contributed by atoms with Crippen LogP contribution in [0.4, 0.5) is 5.95 Å². The van der Waals surface area contributed by atoms with Gasteiger partial charge in [0.15, 0.2) is 0 Å². The molecule has 0 aliphatic carbocycles. The van der Waals surface area contributed by atoms with Gasteiger partial charge >= 0.3 is 0 Å². The molecule has 0 atom stereocenters. The van der Waals surface area contributed by atoms with Gasteiger partial charge in [0.05, 0.1) is 12.1 Å². The molecule has 0 spiro atoms. The number of nitrogens with zero attached hydrogens (tertiary/aromatic N) is 4. The number of rotatable bonds is 4. The molecule has 1 heterocycles. The molecule has 0 aromatic carbocycles. The Hall–Kier alpha value is -1.98. The van der Waals surface area contributed by atoms with Crippen LogP contribution >= 0.6 is 0 Å². The van der Waals surface area contributed by atoms with E-state index in [2.05, 4.69) is 9.97 Å². The topological polar surface area (TPSA) is 66.4 Å². The van der Waals surface area contributed by atoms with Crippen molar-refractivity contribution in [3.63, 3.8) is 0 Å². The highest BCUT2D eigenvalue weighted by Crippen LogP contribution is 2.14. The van der Waals surface area contributed by atoms with Crippen LogP contribution in [-0.4, -0.2) is 48.3 Å². The van der Waals surface area contributed by atoms with E-state index >= 15 is 0 Å². The van der Waals surface area contributed by atoms with Crippen molar-refractivity contribution in [1.29, 1.82) is 0 Å². The van der Waals surface area contributed by atoms with Crippen molar-refractivity contribution >= 4 is 18.3 Å². The highest BCUT2D eigenvalue weighted by atomic mass is 16.2. The van der Waals surface area contributed by atoms with Crippen LogP contribution in [0, 0.1) is 13.8 Å². The molecule has 0 fully saturated rings. The van der Waals surface area contributed by atoms with Crippen molar-refractivity contribution in [2.24, 2.45) is 0 Å². The zero-order valence-corrected chi connectivity index (χ0v) is 11.4. The molecule has 6 heteroatoms. The minimum absolute atomic E-state index is 0.0316. The lowest BCUT2D eigenvalue weighted by Gasteiger charge is -2.15. The molecule has 0 saturated carbocycles. The third-order valence-electron chi connectivity index (χ3n) is 2.77. The highest BCUT2D eigenvalue weighted by molar-refractivity contribution is 5.78. The normalized spacial score (nSPS) is 10.1. The SMILES string of the molecule is Cc1nc(N(C)C=O)nc(CC(=O)N(C)C)c1C. The van der Waals surface area contributed by atoms with Gasteiger partial charge in [-0.25, -0.2) is 9.97 Å². The Morgan fingerprint density at radius 3 is 2.33 bits per heavy atom. The van der Waals surface area contributed by atoms with Gasteiger partial charge in [0.1, 0.15) is 0 Å². The van der Waals surface area contributed by atoms with Crippen molar-refractivity contribution in [2.75, 3.05) is 26.0 Å². The van der Waals surface area contributed by atoms with Crippen molar-refractivity contribution < 1.29 is 9.59 Å². The Bertz CT molecular complexity index is 471. The van der Waals surface area contributed by atoms with E-state index in [0.717, 1.165) is 11.3 Å². The second-order valence-corrected chi connectivity index (χ2v) is 4.36. The van der Waals surface area contributed by atoms with E-state index in [1.54, 1.807) is 21.1 Å². The number of likely N-dealkylation sites (N-methyl/N-ethyl adjacent to an activating group) is 1. The average Bonchev–Trinajstić information content (AvgIpc) is 2.33. The second-order valence-electron chi connectivity index (χ2n) is 4.36. The number of carbonyl (C=O) groups excluding carboxylic acids is 2. The molecular weight excluding hydrogens is 232 g/mol. The zero-order chi connectivity index (χ0) is 13.9. The van der Waals surface area contributed by atoms with Gasteiger partial charge in [0.2, 0.25) is 18.3 Å². The summed E-state index contributed by atoms with van der Waals surface area (Å²) in [7, 11) is 4.98. The first kappa shape index (κ1) is 14.1. The van der Waals surface area contributed by atoms with Crippen LogP contribution in [0.2, 0.25) is 0 Å². The molecule has 1 aromatic heterocycles. The monoisotopic (exact) mass is 250 g/mol. The summed E-state index contributed by atoms with van der Waals surface area (Å²) in [6.07, 6.45) is 0.851. The van der Waals surface area contributed by atoms with E-state index in [4.69, 9.17) is 0 Å². The summed E-state index contributed by atoms with van der Waals surface area (Å²) in [5.41, 5.74) is 2.31. The van der Waals surface area contributed by atoms with Crippen LogP contribution in [0.25, 0.3) is 0 Å². The molecule has 0 bridgehead atoms. The summed E-state index contributed by atoms with van der Waals surface area (Å²) >= 11 is 0. The first-order valence-corrected chi connectivity index (χ1v) is 5.59. The van der Waals surface area contributed by atoms with Gasteiger partial charge in [0, 0.05) is 26.8 Å².